The number of likely N-dealkylation sites (tertiary alicyclic amines) is 3. The summed E-state index contributed by atoms with van der Waals surface area (Å²) < 4.78 is 0. The van der Waals surface area contributed by atoms with Crippen LogP contribution in [0, 0.1) is 5.41 Å². The fraction of sp³-hybridized carbons (Fsp3) is 0.583. The van der Waals surface area contributed by atoms with Crippen molar-refractivity contribution in [3.63, 3.8) is 0 Å². The fourth-order valence-electron chi connectivity index (χ4n) is 5.82. The molecular formula is C24H33N3O2. The van der Waals surface area contributed by atoms with E-state index >= 15 is 0 Å². The minimum absolute atomic E-state index is 0.0375. The Morgan fingerprint density at radius 1 is 0.931 bits per heavy atom. The van der Waals surface area contributed by atoms with Crippen LogP contribution in [0.1, 0.15) is 37.7 Å². The van der Waals surface area contributed by atoms with Crippen LogP contribution in [0.4, 0.5) is 0 Å². The number of hydrogen-bond acceptors (Lipinski definition) is 3. The number of rotatable bonds is 3. The van der Waals surface area contributed by atoms with Crippen molar-refractivity contribution in [2.24, 2.45) is 5.41 Å². The summed E-state index contributed by atoms with van der Waals surface area (Å²) >= 11 is 0. The van der Waals surface area contributed by atoms with Gasteiger partial charge in [0.15, 0.2) is 0 Å². The van der Waals surface area contributed by atoms with Crippen LogP contribution in [0.3, 0.4) is 0 Å². The molecule has 0 N–H and O–H groups in total. The number of amides is 2. The van der Waals surface area contributed by atoms with Crippen LogP contribution in [-0.4, -0.2) is 72.8 Å². The van der Waals surface area contributed by atoms with Crippen LogP contribution >= 0.6 is 0 Å². The lowest BCUT2D eigenvalue weighted by atomic mass is 9.71. The third-order valence-electron chi connectivity index (χ3n) is 7.42. The Morgan fingerprint density at radius 2 is 1.62 bits per heavy atom. The van der Waals surface area contributed by atoms with Gasteiger partial charge in [-0.3, -0.25) is 9.59 Å². The summed E-state index contributed by atoms with van der Waals surface area (Å²) in [6.07, 6.45) is 6.29. The molecular weight excluding hydrogens is 362 g/mol. The molecule has 156 valence electrons. The largest absolute Gasteiger partial charge is 0.341 e. The van der Waals surface area contributed by atoms with Crippen molar-refractivity contribution in [3.05, 3.63) is 48.6 Å². The highest BCUT2D eigenvalue weighted by atomic mass is 16.2. The Kier molecular flexibility index (Phi) is 5.52. The van der Waals surface area contributed by atoms with Crippen LogP contribution in [0.2, 0.25) is 0 Å². The van der Waals surface area contributed by atoms with Gasteiger partial charge in [-0.05, 0) is 57.3 Å². The molecule has 1 aromatic rings. The van der Waals surface area contributed by atoms with Gasteiger partial charge >= 0.3 is 0 Å². The summed E-state index contributed by atoms with van der Waals surface area (Å²) in [5.74, 6) is 0.226. The highest BCUT2D eigenvalue weighted by Gasteiger charge is 2.49. The Hall–Kier alpha value is -2.14. The van der Waals surface area contributed by atoms with Crippen LogP contribution < -0.4 is 0 Å². The molecule has 5 heteroatoms. The first-order valence-corrected chi connectivity index (χ1v) is 10.9. The zero-order valence-electron chi connectivity index (χ0n) is 17.6. The van der Waals surface area contributed by atoms with Gasteiger partial charge in [0.25, 0.3) is 0 Å². The molecule has 3 saturated heterocycles. The van der Waals surface area contributed by atoms with Gasteiger partial charge in [-0.1, -0.05) is 36.9 Å². The highest BCUT2D eigenvalue weighted by Crippen LogP contribution is 2.43. The van der Waals surface area contributed by atoms with Crippen LogP contribution in [0.15, 0.2) is 43.0 Å². The molecule has 3 fully saturated rings. The van der Waals surface area contributed by atoms with Gasteiger partial charge in [0, 0.05) is 38.1 Å². The molecule has 0 saturated carbocycles. The number of benzene rings is 1. The Bertz CT molecular complexity index is 770. The second-order valence-electron chi connectivity index (χ2n) is 9.30. The number of nitrogens with zero attached hydrogens (tertiary/aromatic N) is 3. The maximum Gasteiger partial charge on any atom is 0.245 e. The Labute approximate surface area is 174 Å². The van der Waals surface area contributed by atoms with E-state index < -0.39 is 5.41 Å². The van der Waals surface area contributed by atoms with Gasteiger partial charge in [0.2, 0.25) is 11.8 Å². The molecule has 29 heavy (non-hydrogen) atoms. The van der Waals surface area contributed by atoms with E-state index in [1.165, 1.54) is 18.9 Å². The molecule has 0 aromatic heterocycles. The zero-order valence-corrected chi connectivity index (χ0v) is 17.6. The van der Waals surface area contributed by atoms with Gasteiger partial charge in [-0.2, -0.15) is 0 Å². The second kappa shape index (κ2) is 7.94. The van der Waals surface area contributed by atoms with Crippen molar-refractivity contribution in [2.75, 3.05) is 46.3 Å². The van der Waals surface area contributed by atoms with Gasteiger partial charge < -0.3 is 14.7 Å². The number of carbonyl (C=O) groups excluding carboxylic acids is 2. The van der Waals surface area contributed by atoms with Crippen molar-refractivity contribution < 1.29 is 9.59 Å². The maximum atomic E-state index is 14.0. The molecule has 1 spiro atoms. The van der Waals surface area contributed by atoms with Crippen molar-refractivity contribution in [1.82, 2.24) is 14.7 Å². The summed E-state index contributed by atoms with van der Waals surface area (Å²) in [4.78, 5) is 32.4. The van der Waals surface area contributed by atoms with Crippen molar-refractivity contribution in [1.29, 1.82) is 0 Å². The normalized spacial score (nSPS) is 27.2. The first-order chi connectivity index (χ1) is 14.0. The lowest BCUT2D eigenvalue weighted by Gasteiger charge is -2.43. The minimum atomic E-state index is -0.523. The first-order valence-electron chi connectivity index (χ1n) is 10.9. The summed E-state index contributed by atoms with van der Waals surface area (Å²) in [5.41, 5.74) is 0.836. The molecule has 1 unspecified atom stereocenters. The van der Waals surface area contributed by atoms with Gasteiger partial charge in [-0.15, -0.1) is 0 Å². The zero-order chi connectivity index (χ0) is 20.5. The van der Waals surface area contributed by atoms with E-state index in [0.29, 0.717) is 25.9 Å². The molecule has 0 bridgehead atoms. The molecule has 2 amide bonds. The predicted octanol–water partition coefficient (Wildman–Crippen LogP) is 2.68. The van der Waals surface area contributed by atoms with E-state index in [1.54, 1.807) is 0 Å². The van der Waals surface area contributed by atoms with E-state index in [4.69, 9.17) is 0 Å². The molecule has 5 nitrogen and oxygen atoms in total. The van der Waals surface area contributed by atoms with Crippen LogP contribution in [0.25, 0.3) is 0 Å². The van der Waals surface area contributed by atoms with E-state index in [2.05, 4.69) is 35.6 Å². The second-order valence-corrected chi connectivity index (χ2v) is 9.30. The van der Waals surface area contributed by atoms with Gasteiger partial charge in [0.05, 0.1) is 5.41 Å². The number of piperidine rings is 2. The van der Waals surface area contributed by atoms with E-state index in [1.807, 2.05) is 23.1 Å². The van der Waals surface area contributed by atoms with Crippen molar-refractivity contribution in [2.45, 2.75) is 37.5 Å². The summed E-state index contributed by atoms with van der Waals surface area (Å²) in [5, 5.41) is 0. The van der Waals surface area contributed by atoms with Crippen LogP contribution in [0.5, 0.6) is 0 Å². The molecule has 1 aromatic carbocycles. The lowest BCUT2D eigenvalue weighted by molar-refractivity contribution is -0.141. The Morgan fingerprint density at radius 3 is 2.28 bits per heavy atom. The monoisotopic (exact) mass is 395 g/mol. The molecule has 3 heterocycles. The molecule has 4 rings (SSSR count). The topological polar surface area (TPSA) is 43.9 Å². The first kappa shape index (κ1) is 20.1. The van der Waals surface area contributed by atoms with Crippen LogP contribution in [-0.2, 0) is 15.0 Å². The van der Waals surface area contributed by atoms with Gasteiger partial charge in [-0.25, -0.2) is 0 Å². The third-order valence-corrected chi connectivity index (χ3v) is 7.42. The fourth-order valence-corrected chi connectivity index (χ4v) is 5.82. The number of carbonyl (C=O) groups is 2. The quantitative estimate of drug-likeness (QED) is 0.739. The molecule has 0 aliphatic carbocycles. The van der Waals surface area contributed by atoms with Crippen molar-refractivity contribution in [3.8, 4) is 0 Å². The highest BCUT2D eigenvalue weighted by molar-refractivity contribution is 5.90. The smallest absolute Gasteiger partial charge is 0.245 e. The van der Waals surface area contributed by atoms with Crippen molar-refractivity contribution >= 4 is 11.8 Å². The molecule has 0 radical (unpaired) electrons. The molecule has 3 aliphatic heterocycles. The molecule has 1 atom stereocenters. The average molecular weight is 396 g/mol. The van der Waals surface area contributed by atoms with E-state index in [-0.39, 0.29) is 17.2 Å². The molecule has 3 aliphatic rings. The number of hydrogen-bond donors (Lipinski definition) is 0. The summed E-state index contributed by atoms with van der Waals surface area (Å²) in [7, 11) is 2.20. The summed E-state index contributed by atoms with van der Waals surface area (Å²) in [6, 6.07) is 10.2. The predicted molar refractivity (Wildman–Crippen MR) is 114 cm³/mol. The minimum Gasteiger partial charge on any atom is -0.341 e. The lowest BCUT2D eigenvalue weighted by Crippen LogP contribution is -2.54. The third kappa shape index (κ3) is 3.73. The van der Waals surface area contributed by atoms with Gasteiger partial charge in [0.1, 0.15) is 0 Å². The average Bonchev–Trinajstić information content (AvgIpc) is 3.16. The SMILES string of the molecule is C=CC(=O)N1CCC(C(=O)N2CCC3(CCCN(C)C3)C2)(c2ccccc2)CC1. The standard InChI is InChI=1S/C24H33N3O2/c1-3-21(28)26-16-12-24(13-17-26,20-8-5-4-6-9-20)22(29)27-15-11-23(19-27)10-7-14-25(2)18-23/h3-6,8-9H,1,7,10-19H2,2H3. The summed E-state index contributed by atoms with van der Waals surface area (Å²) in [6.45, 7) is 8.81. The van der Waals surface area contributed by atoms with E-state index in [0.717, 1.165) is 38.2 Å². The van der Waals surface area contributed by atoms with E-state index in [9.17, 15) is 9.59 Å². The Balaban J connectivity index is 1.57. The maximum absolute atomic E-state index is 14.0.